The molecule has 3 aromatic rings. The van der Waals surface area contributed by atoms with E-state index in [2.05, 4.69) is 5.32 Å². The van der Waals surface area contributed by atoms with E-state index in [1.165, 1.54) is 13.0 Å². The van der Waals surface area contributed by atoms with Crippen molar-refractivity contribution < 1.29 is 19.1 Å². The van der Waals surface area contributed by atoms with Gasteiger partial charge in [-0.15, -0.1) is 0 Å². The Bertz CT molecular complexity index is 1030. The lowest BCUT2D eigenvalue weighted by atomic mass is 10.1. The molecule has 0 aliphatic heterocycles. The van der Waals surface area contributed by atoms with Crippen molar-refractivity contribution in [3.8, 4) is 0 Å². The SMILES string of the molecule is C[C@@H](OC(=O)c1ccccc1NC(=O)c1ccc(Cl)cc1)C(=O)c1ccccc1. The molecule has 1 amide bonds. The van der Waals surface area contributed by atoms with Crippen LogP contribution in [0, 0.1) is 0 Å². The highest BCUT2D eigenvalue weighted by Gasteiger charge is 2.22. The standard InChI is InChI=1S/C23H18ClNO4/c1-15(21(26)16-7-3-2-4-8-16)29-23(28)19-9-5-6-10-20(19)25-22(27)17-11-13-18(24)14-12-17/h2-15H,1H3,(H,25,27)/t15-/m1/s1. The van der Waals surface area contributed by atoms with Crippen molar-refractivity contribution in [1.29, 1.82) is 0 Å². The summed E-state index contributed by atoms with van der Waals surface area (Å²) in [7, 11) is 0. The largest absolute Gasteiger partial charge is 0.451 e. The van der Waals surface area contributed by atoms with Gasteiger partial charge in [-0.1, -0.05) is 54.1 Å². The molecule has 5 nitrogen and oxygen atoms in total. The number of Topliss-reactive ketones (excluding diaryl/α,β-unsaturated/α-hetero) is 1. The van der Waals surface area contributed by atoms with Gasteiger partial charge in [0.1, 0.15) is 0 Å². The summed E-state index contributed by atoms with van der Waals surface area (Å²) in [6.45, 7) is 1.52. The Balaban J connectivity index is 1.74. The van der Waals surface area contributed by atoms with Gasteiger partial charge in [0, 0.05) is 16.1 Å². The van der Waals surface area contributed by atoms with E-state index in [1.807, 2.05) is 0 Å². The van der Waals surface area contributed by atoms with E-state index in [0.717, 1.165) is 0 Å². The van der Waals surface area contributed by atoms with Crippen LogP contribution in [0.4, 0.5) is 5.69 Å². The number of carbonyl (C=O) groups excluding carboxylic acids is 3. The summed E-state index contributed by atoms with van der Waals surface area (Å²) >= 11 is 5.84. The Hall–Kier alpha value is -3.44. The number of para-hydroxylation sites is 1. The van der Waals surface area contributed by atoms with E-state index in [-0.39, 0.29) is 17.0 Å². The fourth-order valence-electron chi connectivity index (χ4n) is 2.68. The zero-order valence-corrected chi connectivity index (χ0v) is 16.3. The summed E-state index contributed by atoms with van der Waals surface area (Å²) in [5, 5.41) is 3.21. The van der Waals surface area contributed by atoms with Crippen molar-refractivity contribution in [3.63, 3.8) is 0 Å². The van der Waals surface area contributed by atoms with Crippen LogP contribution in [-0.2, 0) is 4.74 Å². The molecule has 146 valence electrons. The third-order valence-electron chi connectivity index (χ3n) is 4.21. The van der Waals surface area contributed by atoms with Crippen LogP contribution in [0.15, 0.2) is 78.9 Å². The second-order valence-electron chi connectivity index (χ2n) is 6.28. The molecule has 29 heavy (non-hydrogen) atoms. The number of halogens is 1. The summed E-state index contributed by atoms with van der Waals surface area (Å²) in [6, 6.07) is 21.4. The molecule has 1 N–H and O–H groups in total. The Morgan fingerprint density at radius 2 is 1.45 bits per heavy atom. The molecular weight excluding hydrogens is 390 g/mol. The van der Waals surface area contributed by atoms with E-state index in [4.69, 9.17) is 16.3 Å². The number of carbonyl (C=O) groups is 3. The molecule has 0 saturated carbocycles. The van der Waals surface area contributed by atoms with Crippen molar-refractivity contribution >= 4 is 34.9 Å². The van der Waals surface area contributed by atoms with Crippen LogP contribution in [0.2, 0.25) is 5.02 Å². The van der Waals surface area contributed by atoms with Gasteiger partial charge in [0.2, 0.25) is 5.78 Å². The monoisotopic (exact) mass is 407 g/mol. The lowest BCUT2D eigenvalue weighted by Gasteiger charge is -2.15. The Labute approximate surface area is 173 Å². The summed E-state index contributed by atoms with van der Waals surface area (Å²) in [5.74, 6) is -1.40. The van der Waals surface area contributed by atoms with Crippen molar-refractivity contribution in [2.24, 2.45) is 0 Å². The van der Waals surface area contributed by atoms with E-state index in [9.17, 15) is 14.4 Å². The molecule has 0 bridgehead atoms. The molecule has 0 spiro atoms. The van der Waals surface area contributed by atoms with Crippen molar-refractivity contribution in [1.82, 2.24) is 0 Å². The first-order valence-corrected chi connectivity index (χ1v) is 9.29. The highest BCUT2D eigenvalue weighted by molar-refractivity contribution is 6.30. The second kappa shape index (κ2) is 9.17. The van der Waals surface area contributed by atoms with E-state index in [0.29, 0.717) is 16.1 Å². The first kappa shape index (κ1) is 20.3. The van der Waals surface area contributed by atoms with Crippen LogP contribution >= 0.6 is 11.6 Å². The number of ether oxygens (including phenoxy) is 1. The van der Waals surface area contributed by atoms with Crippen LogP contribution < -0.4 is 5.32 Å². The molecule has 0 fully saturated rings. The van der Waals surface area contributed by atoms with E-state index < -0.39 is 18.0 Å². The van der Waals surface area contributed by atoms with Crippen LogP contribution in [0.1, 0.15) is 38.0 Å². The maximum Gasteiger partial charge on any atom is 0.340 e. The number of nitrogens with one attached hydrogen (secondary N) is 1. The van der Waals surface area contributed by atoms with Gasteiger partial charge in [-0.3, -0.25) is 9.59 Å². The first-order valence-electron chi connectivity index (χ1n) is 8.92. The normalized spacial score (nSPS) is 11.4. The number of amides is 1. The zero-order chi connectivity index (χ0) is 20.8. The van der Waals surface area contributed by atoms with Crippen LogP contribution in [0.3, 0.4) is 0 Å². The quantitative estimate of drug-likeness (QED) is 0.460. The third kappa shape index (κ3) is 5.09. The van der Waals surface area contributed by atoms with Gasteiger partial charge in [0.15, 0.2) is 6.10 Å². The number of anilines is 1. The molecule has 0 saturated heterocycles. The fraction of sp³-hybridized carbons (Fsp3) is 0.0870. The molecule has 0 heterocycles. The van der Waals surface area contributed by atoms with Crippen LogP contribution in [0.5, 0.6) is 0 Å². The van der Waals surface area contributed by atoms with Crippen molar-refractivity contribution in [3.05, 3.63) is 101 Å². The highest BCUT2D eigenvalue weighted by atomic mass is 35.5. The summed E-state index contributed by atoms with van der Waals surface area (Å²) in [6.07, 6.45) is -0.968. The molecule has 3 rings (SSSR count). The number of hydrogen-bond acceptors (Lipinski definition) is 4. The minimum atomic E-state index is -0.968. The van der Waals surface area contributed by atoms with Crippen LogP contribution in [-0.4, -0.2) is 23.8 Å². The first-order chi connectivity index (χ1) is 14.0. The lowest BCUT2D eigenvalue weighted by Crippen LogP contribution is -2.25. The molecule has 1 atom stereocenters. The van der Waals surface area contributed by atoms with E-state index >= 15 is 0 Å². The average molecular weight is 408 g/mol. The zero-order valence-electron chi connectivity index (χ0n) is 15.6. The van der Waals surface area contributed by atoms with Gasteiger partial charge in [-0.2, -0.15) is 0 Å². The highest BCUT2D eigenvalue weighted by Crippen LogP contribution is 2.19. The predicted octanol–water partition coefficient (Wildman–Crippen LogP) is 5.02. The van der Waals surface area contributed by atoms with E-state index in [1.54, 1.807) is 72.8 Å². The third-order valence-corrected chi connectivity index (χ3v) is 4.46. The van der Waals surface area contributed by atoms with Gasteiger partial charge < -0.3 is 10.1 Å². The van der Waals surface area contributed by atoms with Gasteiger partial charge >= 0.3 is 5.97 Å². The van der Waals surface area contributed by atoms with Crippen molar-refractivity contribution in [2.75, 3.05) is 5.32 Å². The topological polar surface area (TPSA) is 72.5 Å². The number of benzene rings is 3. The number of rotatable bonds is 6. The lowest BCUT2D eigenvalue weighted by molar-refractivity contribution is 0.0320. The minimum absolute atomic E-state index is 0.155. The summed E-state index contributed by atoms with van der Waals surface area (Å²) < 4.78 is 5.34. The molecule has 6 heteroatoms. The minimum Gasteiger partial charge on any atom is -0.451 e. The average Bonchev–Trinajstić information content (AvgIpc) is 2.74. The smallest absolute Gasteiger partial charge is 0.340 e. The predicted molar refractivity (Wildman–Crippen MR) is 111 cm³/mol. The maximum absolute atomic E-state index is 12.6. The van der Waals surface area contributed by atoms with Gasteiger partial charge in [-0.05, 0) is 43.3 Å². The number of ketones is 1. The molecule has 0 radical (unpaired) electrons. The number of hydrogen-bond donors (Lipinski definition) is 1. The van der Waals surface area contributed by atoms with Gasteiger partial charge in [0.05, 0.1) is 11.3 Å². The summed E-state index contributed by atoms with van der Waals surface area (Å²) in [4.78, 5) is 37.5. The summed E-state index contributed by atoms with van der Waals surface area (Å²) in [5.41, 5.74) is 1.29. The molecule has 0 aliphatic carbocycles. The maximum atomic E-state index is 12.6. The molecular formula is C23H18ClNO4. The Morgan fingerprint density at radius 1 is 0.828 bits per heavy atom. The fourth-order valence-corrected chi connectivity index (χ4v) is 2.81. The Morgan fingerprint density at radius 3 is 2.14 bits per heavy atom. The molecule has 0 aromatic heterocycles. The van der Waals surface area contributed by atoms with Gasteiger partial charge in [0.25, 0.3) is 5.91 Å². The van der Waals surface area contributed by atoms with Crippen LogP contribution in [0.25, 0.3) is 0 Å². The van der Waals surface area contributed by atoms with Crippen molar-refractivity contribution in [2.45, 2.75) is 13.0 Å². The Kier molecular flexibility index (Phi) is 6.42. The number of esters is 1. The molecule has 3 aromatic carbocycles. The second-order valence-corrected chi connectivity index (χ2v) is 6.72. The molecule has 0 aliphatic rings. The molecule has 0 unspecified atom stereocenters. The van der Waals surface area contributed by atoms with Gasteiger partial charge in [-0.25, -0.2) is 4.79 Å².